The van der Waals surface area contributed by atoms with Crippen LogP contribution in [0.3, 0.4) is 0 Å². The zero-order valence-electron chi connectivity index (χ0n) is 13.1. The van der Waals surface area contributed by atoms with Gasteiger partial charge in [-0.1, -0.05) is 58.3 Å². The van der Waals surface area contributed by atoms with Gasteiger partial charge in [0.2, 0.25) is 16.9 Å². The highest BCUT2D eigenvalue weighted by molar-refractivity contribution is 7.98. The molecule has 0 fully saturated rings. The monoisotopic (exact) mass is 404 g/mol. The van der Waals surface area contributed by atoms with E-state index in [-0.39, 0.29) is 0 Å². The zero-order valence-corrected chi connectivity index (χ0v) is 15.4. The molecule has 0 radical (unpaired) electrons. The van der Waals surface area contributed by atoms with Gasteiger partial charge in [-0.25, -0.2) is 0 Å². The summed E-state index contributed by atoms with van der Waals surface area (Å²) in [5.74, 6) is 1.31. The maximum absolute atomic E-state index is 6.16. The molecule has 0 aliphatic rings. The molecule has 0 saturated carbocycles. The van der Waals surface area contributed by atoms with Crippen LogP contribution in [0, 0.1) is 0 Å². The van der Waals surface area contributed by atoms with Gasteiger partial charge in [0.05, 0.1) is 16.5 Å². The van der Waals surface area contributed by atoms with Crippen molar-refractivity contribution in [3.63, 3.8) is 0 Å². The van der Waals surface area contributed by atoms with Crippen LogP contribution in [0.25, 0.3) is 17.1 Å². The molecule has 2 aromatic heterocycles. The fraction of sp³-hybridized carbons (Fsp3) is 0.0625. The summed E-state index contributed by atoms with van der Waals surface area (Å²) in [6.45, 7) is 0. The van der Waals surface area contributed by atoms with Gasteiger partial charge in [0.1, 0.15) is 0 Å². The lowest BCUT2D eigenvalue weighted by Crippen LogP contribution is -1.99. The maximum atomic E-state index is 6.16. The van der Waals surface area contributed by atoms with Crippen LogP contribution in [0.1, 0.15) is 5.89 Å². The van der Waals surface area contributed by atoms with E-state index in [2.05, 4.69) is 25.7 Å². The van der Waals surface area contributed by atoms with E-state index in [4.69, 9.17) is 27.7 Å². The predicted molar refractivity (Wildman–Crippen MR) is 98.5 cm³/mol. The fourth-order valence-electron chi connectivity index (χ4n) is 2.23. The SMILES string of the molecule is Clc1cccc(-n2nnnc2SCc2nc(-c3ccccc3Cl)no2)c1. The molecule has 0 aliphatic carbocycles. The van der Waals surface area contributed by atoms with Crippen molar-refractivity contribution in [3.8, 4) is 17.1 Å². The minimum absolute atomic E-state index is 0.415. The Morgan fingerprint density at radius 3 is 2.81 bits per heavy atom. The van der Waals surface area contributed by atoms with E-state index >= 15 is 0 Å². The Labute approximate surface area is 162 Å². The molecule has 0 spiro atoms. The number of halogens is 2. The molecule has 0 N–H and O–H groups in total. The fourth-order valence-corrected chi connectivity index (χ4v) is 3.36. The number of hydrogen-bond acceptors (Lipinski definition) is 7. The first-order chi connectivity index (χ1) is 12.7. The average Bonchev–Trinajstić information content (AvgIpc) is 3.30. The Kier molecular flexibility index (Phi) is 4.87. The van der Waals surface area contributed by atoms with Crippen LogP contribution in [0.5, 0.6) is 0 Å². The molecule has 0 saturated heterocycles. The van der Waals surface area contributed by atoms with Crippen LogP contribution in [-0.4, -0.2) is 30.3 Å². The summed E-state index contributed by atoms with van der Waals surface area (Å²) < 4.78 is 6.90. The maximum Gasteiger partial charge on any atom is 0.237 e. The third kappa shape index (κ3) is 3.57. The lowest BCUT2D eigenvalue weighted by atomic mass is 10.2. The molecular weight excluding hydrogens is 395 g/mol. The number of benzene rings is 2. The minimum atomic E-state index is 0.415. The first-order valence-corrected chi connectivity index (χ1v) is 9.19. The average molecular weight is 405 g/mol. The van der Waals surface area contributed by atoms with Gasteiger partial charge in [-0.2, -0.15) is 9.67 Å². The molecule has 0 amide bonds. The topological polar surface area (TPSA) is 82.5 Å². The van der Waals surface area contributed by atoms with Crippen molar-refractivity contribution in [2.24, 2.45) is 0 Å². The van der Waals surface area contributed by atoms with Crippen molar-refractivity contribution in [1.29, 1.82) is 0 Å². The Morgan fingerprint density at radius 1 is 1.08 bits per heavy atom. The number of aromatic nitrogens is 6. The Morgan fingerprint density at radius 2 is 1.96 bits per heavy atom. The molecule has 0 atom stereocenters. The molecule has 2 heterocycles. The van der Waals surface area contributed by atoms with Crippen LogP contribution < -0.4 is 0 Å². The summed E-state index contributed by atoms with van der Waals surface area (Å²) in [6, 6.07) is 14.6. The zero-order chi connectivity index (χ0) is 17.9. The second-order valence-corrected chi connectivity index (χ2v) is 6.92. The molecule has 0 unspecified atom stereocenters. The first-order valence-electron chi connectivity index (χ1n) is 7.45. The highest BCUT2D eigenvalue weighted by atomic mass is 35.5. The molecule has 0 bridgehead atoms. The number of tetrazole rings is 1. The number of hydrogen-bond donors (Lipinski definition) is 0. The molecule has 26 heavy (non-hydrogen) atoms. The Hall–Kier alpha value is -2.42. The van der Waals surface area contributed by atoms with Crippen LogP contribution in [0.4, 0.5) is 0 Å². The smallest absolute Gasteiger partial charge is 0.237 e. The second kappa shape index (κ2) is 7.45. The van der Waals surface area contributed by atoms with Gasteiger partial charge in [0.25, 0.3) is 0 Å². The molecular formula is C16H10Cl2N6OS. The summed E-state index contributed by atoms with van der Waals surface area (Å²) in [7, 11) is 0. The van der Waals surface area contributed by atoms with Gasteiger partial charge in [-0.3, -0.25) is 0 Å². The molecule has 2 aromatic carbocycles. The van der Waals surface area contributed by atoms with Gasteiger partial charge < -0.3 is 4.52 Å². The molecule has 4 rings (SSSR count). The quantitative estimate of drug-likeness (QED) is 0.458. The van der Waals surface area contributed by atoms with Crippen molar-refractivity contribution >= 4 is 35.0 Å². The second-order valence-electron chi connectivity index (χ2n) is 5.13. The van der Waals surface area contributed by atoms with Crippen LogP contribution in [-0.2, 0) is 5.75 Å². The highest BCUT2D eigenvalue weighted by Crippen LogP contribution is 2.27. The number of nitrogens with zero attached hydrogens (tertiary/aromatic N) is 6. The van der Waals surface area contributed by atoms with Gasteiger partial charge in [0, 0.05) is 10.6 Å². The molecule has 0 aliphatic heterocycles. The van der Waals surface area contributed by atoms with Gasteiger partial charge in [-0.05, 0) is 40.8 Å². The standard InChI is InChI=1S/C16H10Cl2N6OS/c17-10-4-3-5-11(8-10)24-16(20-22-23-24)26-9-14-19-15(21-25-14)12-6-1-2-7-13(12)18/h1-8H,9H2. The van der Waals surface area contributed by atoms with Crippen molar-refractivity contribution in [3.05, 3.63) is 64.5 Å². The lowest BCUT2D eigenvalue weighted by Gasteiger charge is -2.03. The van der Waals surface area contributed by atoms with E-state index in [1.165, 1.54) is 11.8 Å². The largest absolute Gasteiger partial charge is 0.338 e. The van der Waals surface area contributed by atoms with Gasteiger partial charge in [-0.15, -0.1) is 5.10 Å². The molecule has 130 valence electrons. The van der Waals surface area contributed by atoms with Crippen LogP contribution in [0.15, 0.2) is 58.2 Å². The van der Waals surface area contributed by atoms with E-state index in [0.29, 0.717) is 32.7 Å². The van der Waals surface area contributed by atoms with E-state index in [0.717, 1.165) is 11.3 Å². The summed E-state index contributed by atoms with van der Waals surface area (Å²) in [5.41, 5.74) is 1.49. The lowest BCUT2D eigenvalue weighted by molar-refractivity contribution is 0.391. The van der Waals surface area contributed by atoms with Crippen molar-refractivity contribution in [2.75, 3.05) is 0 Å². The van der Waals surface area contributed by atoms with Crippen molar-refractivity contribution in [2.45, 2.75) is 10.9 Å². The molecule has 4 aromatic rings. The van der Waals surface area contributed by atoms with E-state index in [1.54, 1.807) is 22.9 Å². The van der Waals surface area contributed by atoms with Crippen molar-refractivity contribution < 1.29 is 4.52 Å². The summed E-state index contributed by atoms with van der Waals surface area (Å²) in [4.78, 5) is 4.38. The highest BCUT2D eigenvalue weighted by Gasteiger charge is 2.14. The van der Waals surface area contributed by atoms with Crippen LogP contribution in [0.2, 0.25) is 10.0 Å². The minimum Gasteiger partial charge on any atom is -0.338 e. The number of thioether (sulfide) groups is 1. The summed E-state index contributed by atoms with van der Waals surface area (Å²) in [6.07, 6.45) is 0. The van der Waals surface area contributed by atoms with Crippen molar-refractivity contribution in [1.82, 2.24) is 30.3 Å². The van der Waals surface area contributed by atoms with Gasteiger partial charge in [0.15, 0.2) is 0 Å². The molecule has 10 heteroatoms. The first kappa shape index (κ1) is 17.0. The summed E-state index contributed by atoms with van der Waals surface area (Å²) in [5, 5.41) is 17.5. The van der Waals surface area contributed by atoms with Gasteiger partial charge >= 0.3 is 0 Å². The third-order valence-electron chi connectivity index (χ3n) is 3.40. The summed E-state index contributed by atoms with van der Waals surface area (Å²) >= 11 is 13.6. The molecule has 7 nitrogen and oxygen atoms in total. The van der Waals surface area contributed by atoms with E-state index < -0.39 is 0 Å². The third-order valence-corrected chi connectivity index (χ3v) is 4.87. The van der Waals surface area contributed by atoms with Crippen LogP contribution >= 0.6 is 35.0 Å². The Bertz CT molecular complexity index is 1050. The predicted octanol–water partition coefficient (Wildman–Crippen LogP) is 4.31. The number of rotatable bonds is 5. The normalized spacial score (nSPS) is 11.0. The van der Waals surface area contributed by atoms with E-state index in [1.807, 2.05) is 30.3 Å². The Balaban J connectivity index is 1.51. The van der Waals surface area contributed by atoms with E-state index in [9.17, 15) is 0 Å².